The molecule has 0 heterocycles. The van der Waals surface area contributed by atoms with Crippen molar-refractivity contribution in [2.24, 2.45) is 5.92 Å². The number of nitrogens with one attached hydrogen (secondary N) is 1. The van der Waals surface area contributed by atoms with Crippen LogP contribution >= 0.6 is 0 Å². The maximum absolute atomic E-state index is 5.28. The smallest absolute Gasteiger partial charge is 0.119 e. The highest BCUT2D eigenvalue weighted by molar-refractivity contribution is 5.84. The number of ether oxygens (including phenoxy) is 1. The minimum Gasteiger partial charge on any atom is -0.497 e. The monoisotopic (exact) mass is 271 g/mol. The van der Waals surface area contributed by atoms with Crippen molar-refractivity contribution in [1.82, 2.24) is 5.32 Å². The third-order valence-electron chi connectivity index (χ3n) is 4.16. The summed E-state index contributed by atoms with van der Waals surface area (Å²) < 4.78 is 5.28. The molecule has 2 rings (SSSR count). The molecule has 2 heteroatoms. The summed E-state index contributed by atoms with van der Waals surface area (Å²) in [5.74, 6) is 1.65. The summed E-state index contributed by atoms with van der Waals surface area (Å²) in [5.41, 5.74) is 1.37. The number of benzene rings is 2. The summed E-state index contributed by atoms with van der Waals surface area (Å²) in [6.45, 7) is 4.57. The van der Waals surface area contributed by atoms with E-state index in [1.807, 2.05) is 13.1 Å². The molecule has 2 unspecified atom stereocenters. The van der Waals surface area contributed by atoms with Gasteiger partial charge in [0.15, 0.2) is 0 Å². The van der Waals surface area contributed by atoms with E-state index in [1.54, 1.807) is 7.11 Å². The Morgan fingerprint density at radius 1 is 1.10 bits per heavy atom. The van der Waals surface area contributed by atoms with Gasteiger partial charge in [0.25, 0.3) is 0 Å². The Bertz CT molecular complexity index is 564. The predicted octanol–water partition coefficient (Wildman–Crippen LogP) is 4.55. The minimum absolute atomic E-state index is 0.427. The van der Waals surface area contributed by atoms with Crippen molar-refractivity contribution in [1.29, 1.82) is 0 Å². The van der Waals surface area contributed by atoms with E-state index in [0.717, 1.165) is 11.7 Å². The van der Waals surface area contributed by atoms with E-state index in [9.17, 15) is 0 Å². The molecule has 0 saturated heterocycles. The molecule has 0 bridgehead atoms. The lowest BCUT2D eigenvalue weighted by atomic mass is 9.93. The third-order valence-corrected chi connectivity index (χ3v) is 4.16. The van der Waals surface area contributed by atoms with Crippen molar-refractivity contribution in [3.63, 3.8) is 0 Å². The average molecular weight is 271 g/mol. The van der Waals surface area contributed by atoms with Gasteiger partial charge in [-0.15, -0.1) is 0 Å². The van der Waals surface area contributed by atoms with E-state index in [4.69, 9.17) is 4.74 Å². The van der Waals surface area contributed by atoms with Crippen LogP contribution in [0.4, 0.5) is 0 Å². The maximum Gasteiger partial charge on any atom is 0.119 e. The fraction of sp³-hybridized carbons (Fsp3) is 0.444. The summed E-state index contributed by atoms with van der Waals surface area (Å²) >= 11 is 0. The van der Waals surface area contributed by atoms with Crippen LogP contribution in [0.25, 0.3) is 10.8 Å². The lowest BCUT2D eigenvalue weighted by molar-refractivity contribution is 0.415. The van der Waals surface area contributed by atoms with E-state index in [-0.39, 0.29) is 0 Å². The molecule has 2 nitrogen and oxygen atoms in total. The molecule has 0 radical (unpaired) electrons. The number of methoxy groups -OCH3 is 1. The second kappa shape index (κ2) is 6.76. The average Bonchev–Trinajstić information content (AvgIpc) is 2.51. The summed E-state index contributed by atoms with van der Waals surface area (Å²) in [4.78, 5) is 0. The second-order valence-corrected chi connectivity index (χ2v) is 5.56. The molecule has 0 amide bonds. The van der Waals surface area contributed by atoms with Gasteiger partial charge < -0.3 is 10.1 Å². The first-order chi connectivity index (χ1) is 9.67. The van der Waals surface area contributed by atoms with Gasteiger partial charge in [0.1, 0.15) is 5.75 Å². The molecule has 0 fully saturated rings. The van der Waals surface area contributed by atoms with Crippen molar-refractivity contribution < 1.29 is 4.74 Å². The summed E-state index contributed by atoms with van der Waals surface area (Å²) in [7, 11) is 3.75. The van der Waals surface area contributed by atoms with Crippen LogP contribution < -0.4 is 10.1 Å². The zero-order chi connectivity index (χ0) is 14.5. The van der Waals surface area contributed by atoms with Crippen molar-refractivity contribution in [2.75, 3.05) is 14.2 Å². The Labute approximate surface area is 122 Å². The molecule has 2 atom stereocenters. The van der Waals surface area contributed by atoms with Gasteiger partial charge in [-0.05, 0) is 53.9 Å². The number of hydrogen-bond donors (Lipinski definition) is 1. The highest BCUT2D eigenvalue weighted by Gasteiger charge is 2.13. The largest absolute Gasteiger partial charge is 0.497 e. The van der Waals surface area contributed by atoms with Crippen molar-refractivity contribution in [3.05, 3.63) is 42.0 Å². The molecule has 1 N–H and O–H groups in total. The molecule has 2 aromatic carbocycles. The number of rotatable bonds is 6. The van der Waals surface area contributed by atoms with Crippen LogP contribution in [0.2, 0.25) is 0 Å². The van der Waals surface area contributed by atoms with Crippen molar-refractivity contribution >= 4 is 10.8 Å². The molecule has 0 aromatic heterocycles. The molecule has 20 heavy (non-hydrogen) atoms. The first-order valence-corrected chi connectivity index (χ1v) is 7.42. The molecule has 0 spiro atoms. The zero-order valence-electron chi connectivity index (χ0n) is 12.9. The van der Waals surface area contributed by atoms with Crippen LogP contribution in [0, 0.1) is 5.92 Å². The van der Waals surface area contributed by atoms with Crippen LogP contribution in [-0.4, -0.2) is 14.2 Å². The lowest BCUT2D eigenvalue weighted by Gasteiger charge is -2.20. The normalized spacial score (nSPS) is 14.2. The van der Waals surface area contributed by atoms with E-state index in [0.29, 0.717) is 6.04 Å². The summed E-state index contributed by atoms with van der Waals surface area (Å²) in [5, 5.41) is 5.95. The first kappa shape index (κ1) is 14.9. The van der Waals surface area contributed by atoms with Crippen LogP contribution in [-0.2, 0) is 0 Å². The fourth-order valence-corrected chi connectivity index (χ4v) is 2.58. The third kappa shape index (κ3) is 3.31. The van der Waals surface area contributed by atoms with Gasteiger partial charge in [-0.25, -0.2) is 0 Å². The Morgan fingerprint density at radius 3 is 2.45 bits per heavy atom. The highest BCUT2D eigenvalue weighted by atomic mass is 16.5. The first-order valence-electron chi connectivity index (χ1n) is 7.42. The van der Waals surface area contributed by atoms with E-state index in [2.05, 4.69) is 49.5 Å². The maximum atomic E-state index is 5.28. The Morgan fingerprint density at radius 2 is 1.80 bits per heavy atom. The molecule has 0 aliphatic heterocycles. The van der Waals surface area contributed by atoms with E-state index >= 15 is 0 Å². The number of hydrogen-bond acceptors (Lipinski definition) is 2. The Hall–Kier alpha value is -1.54. The topological polar surface area (TPSA) is 21.3 Å². The van der Waals surface area contributed by atoms with Gasteiger partial charge >= 0.3 is 0 Å². The van der Waals surface area contributed by atoms with Gasteiger partial charge in [-0.2, -0.15) is 0 Å². The minimum atomic E-state index is 0.427. The number of fused-ring (bicyclic) bond motifs is 1. The second-order valence-electron chi connectivity index (χ2n) is 5.56. The van der Waals surface area contributed by atoms with Crippen LogP contribution in [0.3, 0.4) is 0 Å². The van der Waals surface area contributed by atoms with Gasteiger partial charge in [0.2, 0.25) is 0 Å². The van der Waals surface area contributed by atoms with Crippen molar-refractivity contribution in [3.8, 4) is 5.75 Å². The molecular weight excluding hydrogens is 246 g/mol. The molecule has 0 aliphatic carbocycles. The zero-order valence-corrected chi connectivity index (χ0v) is 12.9. The Balaban J connectivity index is 2.30. The van der Waals surface area contributed by atoms with Crippen LogP contribution in [0.1, 0.15) is 38.3 Å². The van der Waals surface area contributed by atoms with Crippen LogP contribution in [0.15, 0.2) is 36.4 Å². The van der Waals surface area contributed by atoms with Gasteiger partial charge in [-0.3, -0.25) is 0 Å². The van der Waals surface area contributed by atoms with Gasteiger partial charge in [-0.1, -0.05) is 38.5 Å². The molecule has 0 saturated carbocycles. The molecule has 108 valence electrons. The van der Waals surface area contributed by atoms with Crippen LogP contribution in [0.5, 0.6) is 5.75 Å². The Kier molecular flexibility index (Phi) is 5.02. The van der Waals surface area contributed by atoms with E-state index < -0.39 is 0 Å². The predicted molar refractivity (Wildman–Crippen MR) is 86.4 cm³/mol. The summed E-state index contributed by atoms with van der Waals surface area (Å²) in [6.07, 6.45) is 2.40. The SMILES string of the molecule is CCC(C)CC(NC)c1ccc2cc(OC)ccc2c1. The quantitative estimate of drug-likeness (QED) is 0.832. The fourth-order valence-electron chi connectivity index (χ4n) is 2.58. The van der Waals surface area contributed by atoms with Gasteiger partial charge in [0.05, 0.1) is 7.11 Å². The molecular formula is C18H25NO. The van der Waals surface area contributed by atoms with Crippen molar-refractivity contribution in [2.45, 2.75) is 32.7 Å². The summed E-state index contributed by atoms with van der Waals surface area (Å²) in [6, 6.07) is 13.4. The standard InChI is InChI=1S/C18H25NO/c1-5-13(2)10-18(19-3)16-7-6-15-12-17(20-4)9-8-14(15)11-16/h6-9,11-13,18-19H,5,10H2,1-4H3. The molecule has 0 aliphatic rings. The van der Waals surface area contributed by atoms with Gasteiger partial charge in [0, 0.05) is 6.04 Å². The van der Waals surface area contributed by atoms with E-state index in [1.165, 1.54) is 29.2 Å². The lowest BCUT2D eigenvalue weighted by Crippen LogP contribution is -2.18. The molecule has 2 aromatic rings. The highest BCUT2D eigenvalue weighted by Crippen LogP contribution is 2.27.